The standard InChI is InChI=1S/C15H21NO3/c1-18-13-4-6-14(7-5-13)19-10-8-15(17)12-3-2-9-16-11-12/h4-7,12,16H,2-3,8-11H2,1H3. The fraction of sp³-hybridized carbons (Fsp3) is 0.533. The van der Waals surface area contributed by atoms with Crippen molar-refractivity contribution in [2.24, 2.45) is 5.92 Å². The quantitative estimate of drug-likeness (QED) is 0.853. The predicted molar refractivity (Wildman–Crippen MR) is 73.7 cm³/mol. The van der Waals surface area contributed by atoms with Crippen molar-refractivity contribution in [3.63, 3.8) is 0 Å². The summed E-state index contributed by atoms with van der Waals surface area (Å²) in [4.78, 5) is 11.9. The van der Waals surface area contributed by atoms with Gasteiger partial charge in [-0.1, -0.05) is 0 Å². The molecule has 0 bridgehead atoms. The van der Waals surface area contributed by atoms with Crippen LogP contribution >= 0.6 is 0 Å². The van der Waals surface area contributed by atoms with Gasteiger partial charge in [-0.25, -0.2) is 0 Å². The molecule has 2 rings (SSSR count). The van der Waals surface area contributed by atoms with Gasteiger partial charge in [-0.3, -0.25) is 4.79 Å². The fourth-order valence-electron chi connectivity index (χ4n) is 2.27. The second-order valence-corrected chi connectivity index (χ2v) is 4.78. The second kappa shape index (κ2) is 7.14. The molecule has 0 amide bonds. The van der Waals surface area contributed by atoms with Crippen LogP contribution in [-0.2, 0) is 4.79 Å². The topological polar surface area (TPSA) is 47.6 Å². The molecule has 0 spiro atoms. The average molecular weight is 263 g/mol. The van der Waals surface area contributed by atoms with Crippen LogP contribution in [0.1, 0.15) is 19.3 Å². The average Bonchev–Trinajstić information content (AvgIpc) is 2.49. The maximum absolute atomic E-state index is 11.9. The van der Waals surface area contributed by atoms with Gasteiger partial charge in [-0.15, -0.1) is 0 Å². The number of nitrogens with one attached hydrogen (secondary N) is 1. The summed E-state index contributed by atoms with van der Waals surface area (Å²) in [5.74, 6) is 2.06. The lowest BCUT2D eigenvalue weighted by molar-refractivity contribution is -0.123. The minimum absolute atomic E-state index is 0.174. The SMILES string of the molecule is COc1ccc(OCCC(=O)C2CCCNC2)cc1. The van der Waals surface area contributed by atoms with Crippen LogP contribution in [0, 0.1) is 5.92 Å². The van der Waals surface area contributed by atoms with E-state index in [0.717, 1.165) is 37.4 Å². The highest BCUT2D eigenvalue weighted by molar-refractivity contribution is 5.81. The Kier molecular flexibility index (Phi) is 5.21. The molecule has 1 aromatic carbocycles. The van der Waals surface area contributed by atoms with E-state index in [9.17, 15) is 4.79 Å². The van der Waals surface area contributed by atoms with E-state index < -0.39 is 0 Å². The first-order valence-electron chi connectivity index (χ1n) is 6.80. The van der Waals surface area contributed by atoms with E-state index in [1.807, 2.05) is 24.3 Å². The van der Waals surface area contributed by atoms with Gasteiger partial charge in [0.2, 0.25) is 0 Å². The molecule has 104 valence electrons. The Morgan fingerprint density at radius 3 is 2.68 bits per heavy atom. The zero-order chi connectivity index (χ0) is 13.5. The van der Waals surface area contributed by atoms with Crippen molar-refractivity contribution in [3.05, 3.63) is 24.3 Å². The van der Waals surface area contributed by atoms with Gasteiger partial charge < -0.3 is 14.8 Å². The first kappa shape index (κ1) is 13.9. The zero-order valence-corrected chi connectivity index (χ0v) is 11.4. The van der Waals surface area contributed by atoms with Crippen molar-refractivity contribution < 1.29 is 14.3 Å². The number of rotatable bonds is 6. The van der Waals surface area contributed by atoms with E-state index in [1.54, 1.807) is 7.11 Å². The molecule has 1 heterocycles. The molecule has 0 aromatic heterocycles. The van der Waals surface area contributed by atoms with Gasteiger partial charge in [0.15, 0.2) is 0 Å². The monoisotopic (exact) mass is 263 g/mol. The lowest BCUT2D eigenvalue weighted by Crippen LogP contribution is -2.34. The number of ketones is 1. The van der Waals surface area contributed by atoms with Gasteiger partial charge in [0.1, 0.15) is 17.3 Å². The summed E-state index contributed by atoms with van der Waals surface area (Å²) in [5, 5.41) is 3.26. The van der Waals surface area contributed by atoms with Gasteiger partial charge in [0.25, 0.3) is 0 Å². The summed E-state index contributed by atoms with van der Waals surface area (Å²) in [6.45, 7) is 2.30. The molecular weight excluding hydrogens is 242 g/mol. The third-order valence-electron chi connectivity index (χ3n) is 3.43. The van der Waals surface area contributed by atoms with Crippen LogP contribution in [0.3, 0.4) is 0 Å². The van der Waals surface area contributed by atoms with Crippen LogP contribution in [0.5, 0.6) is 11.5 Å². The van der Waals surface area contributed by atoms with Gasteiger partial charge in [0.05, 0.1) is 13.7 Å². The molecule has 1 atom stereocenters. The molecule has 1 unspecified atom stereocenters. The predicted octanol–water partition coefficient (Wildman–Crippen LogP) is 2.03. The first-order valence-corrected chi connectivity index (χ1v) is 6.80. The second-order valence-electron chi connectivity index (χ2n) is 4.78. The minimum atomic E-state index is 0.174. The van der Waals surface area contributed by atoms with Crippen LogP contribution in [0.15, 0.2) is 24.3 Å². The molecular formula is C15H21NO3. The van der Waals surface area contributed by atoms with Crippen LogP contribution in [0.25, 0.3) is 0 Å². The van der Waals surface area contributed by atoms with Crippen LogP contribution in [0.4, 0.5) is 0 Å². The van der Waals surface area contributed by atoms with Gasteiger partial charge in [-0.2, -0.15) is 0 Å². The van der Waals surface area contributed by atoms with E-state index >= 15 is 0 Å². The lowest BCUT2D eigenvalue weighted by atomic mass is 9.94. The minimum Gasteiger partial charge on any atom is -0.497 e. The number of carbonyl (C=O) groups excluding carboxylic acids is 1. The van der Waals surface area contributed by atoms with E-state index in [-0.39, 0.29) is 5.92 Å². The maximum Gasteiger partial charge on any atom is 0.140 e. The third-order valence-corrected chi connectivity index (χ3v) is 3.43. The molecule has 1 aliphatic rings. The molecule has 19 heavy (non-hydrogen) atoms. The first-order chi connectivity index (χ1) is 9.29. The fourth-order valence-corrected chi connectivity index (χ4v) is 2.27. The molecule has 0 aliphatic carbocycles. The summed E-state index contributed by atoms with van der Waals surface area (Å²) >= 11 is 0. The molecule has 4 heteroatoms. The number of carbonyl (C=O) groups is 1. The largest absolute Gasteiger partial charge is 0.497 e. The van der Waals surface area contributed by atoms with E-state index in [1.165, 1.54) is 0 Å². The van der Waals surface area contributed by atoms with Crippen LogP contribution < -0.4 is 14.8 Å². The molecule has 1 saturated heterocycles. The Morgan fingerprint density at radius 1 is 1.32 bits per heavy atom. The molecule has 1 aliphatic heterocycles. The lowest BCUT2D eigenvalue weighted by Gasteiger charge is -2.21. The maximum atomic E-state index is 11.9. The molecule has 4 nitrogen and oxygen atoms in total. The normalized spacial score (nSPS) is 18.9. The molecule has 1 aromatic rings. The Morgan fingerprint density at radius 2 is 2.05 bits per heavy atom. The number of hydrogen-bond donors (Lipinski definition) is 1. The number of piperidine rings is 1. The van der Waals surface area contributed by atoms with Crippen molar-refractivity contribution in [3.8, 4) is 11.5 Å². The Bertz CT molecular complexity index is 396. The van der Waals surface area contributed by atoms with Crippen LogP contribution in [-0.4, -0.2) is 32.6 Å². The van der Waals surface area contributed by atoms with Crippen LogP contribution in [0.2, 0.25) is 0 Å². The van der Waals surface area contributed by atoms with E-state index in [4.69, 9.17) is 9.47 Å². The van der Waals surface area contributed by atoms with Gasteiger partial charge in [0, 0.05) is 18.9 Å². The summed E-state index contributed by atoms with van der Waals surface area (Å²) < 4.78 is 10.6. The highest BCUT2D eigenvalue weighted by Gasteiger charge is 2.20. The number of ether oxygens (including phenoxy) is 2. The number of hydrogen-bond acceptors (Lipinski definition) is 4. The molecule has 0 saturated carbocycles. The number of Topliss-reactive ketones (excluding diaryl/α,β-unsaturated/α-hetero) is 1. The van der Waals surface area contributed by atoms with Crippen molar-refractivity contribution in [2.75, 3.05) is 26.8 Å². The number of benzene rings is 1. The van der Waals surface area contributed by atoms with Gasteiger partial charge >= 0.3 is 0 Å². The highest BCUT2D eigenvalue weighted by atomic mass is 16.5. The summed E-state index contributed by atoms with van der Waals surface area (Å²) in [6, 6.07) is 7.40. The summed E-state index contributed by atoms with van der Waals surface area (Å²) in [7, 11) is 1.63. The smallest absolute Gasteiger partial charge is 0.140 e. The molecule has 1 N–H and O–H groups in total. The van der Waals surface area contributed by atoms with Crippen molar-refractivity contribution >= 4 is 5.78 Å². The zero-order valence-electron chi connectivity index (χ0n) is 11.4. The summed E-state index contributed by atoms with van der Waals surface area (Å²) in [5.41, 5.74) is 0. The van der Waals surface area contributed by atoms with E-state index in [2.05, 4.69) is 5.32 Å². The van der Waals surface area contributed by atoms with Crippen molar-refractivity contribution in [1.82, 2.24) is 5.32 Å². The Labute approximate surface area is 114 Å². The highest BCUT2D eigenvalue weighted by Crippen LogP contribution is 2.18. The van der Waals surface area contributed by atoms with Crippen molar-refractivity contribution in [2.45, 2.75) is 19.3 Å². The third kappa shape index (κ3) is 4.24. The Hall–Kier alpha value is -1.55. The molecule has 1 fully saturated rings. The molecule has 0 radical (unpaired) electrons. The Balaban J connectivity index is 1.71. The summed E-state index contributed by atoms with van der Waals surface area (Å²) in [6.07, 6.45) is 2.59. The van der Waals surface area contributed by atoms with Crippen molar-refractivity contribution in [1.29, 1.82) is 0 Å². The van der Waals surface area contributed by atoms with E-state index in [0.29, 0.717) is 18.8 Å². The van der Waals surface area contributed by atoms with Gasteiger partial charge in [-0.05, 0) is 43.7 Å². The number of methoxy groups -OCH3 is 1.